The van der Waals surface area contributed by atoms with Crippen molar-refractivity contribution in [1.29, 1.82) is 0 Å². The van der Waals surface area contributed by atoms with E-state index < -0.39 is 0 Å². The summed E-state index contributed by atoms with van der Waals surface area (Å²) >= 11 is 0. The molecule has 5 nitrogen and oxygen atoms in total. The molecule has 0 bridgehead atoms. The summed E-state index contributed by atoms with van der Waals surface area (Å²) in [6.45, 7) is 2.48. The SMILES string of the molecule is CNc1ccc([N+](=O)[O-])cc1CN1Cc2ccccc2C1. The Balaban J connectivity index is 1.82. The van der Waals surface area contributed by atoms with Crippen molar-refractivity contribution >= 4 is 11.4 Å². The van der Waals surface area contributed by atoms with E-state index in [9.17, 15) is 10.1 Å². The number of anilines is 1. The largest absolute Gasteiger partial charge is 0.388 e. The van der Waals surface area contributed by atoms with Gasteiger partial charge in [0.2, 0.25) is 0 Å². The number of non-ortho nitro benzene ring substituents is 1. The topological polar surface area (TPSA) is 58.4 Å². The number of hydrogen-bond donors (Lipinski definition) is 1. The first kappa shape index (κ1) is 13.6. The van der Waals surface area contributed by atoms with Crippen LogP contribution in [0.1, 0.15) is 16.7 Å². The Morgan fingerprint density at radius 3 is 2.43 bits per heavy atom. The highest BCUT2D eigenvalue weighted by Gasteiger charge is 2.20. The summed E-state index contributed by atoms with van der Waals surface area (Å²) < 4.78 is 0. The number of nitro benzene ring substituents is 1. The third kappa shape index (κ3) is 2.73. The van der Waals surface area contributed by atoms with Gasteiger partial charge in [0.05, 0.1) is 4.92 Å². The van der Waals surface area contributed by atoms with Gasteiger partial charge in [0.25, 0.3) is 5.69 Å². The fourth-order valence-corrected chi connectivity index (χ4v) is 2.82. The number of fused-ring (bicyclic) bond motifs is 1. The first-order chi connectivity index (χ1) is 10.2. The van der Waals surface area contributed by atoms with Crippen LogP contribution in [0.25, 0.3) is 0 Å². The number of benzene rings is 2. The van der Waals surface area contributed by atoms with E-state index in [4.69, 9.17) is 0 Å². The average molecular weight is 283 g/mol. The van der Waals surface area contributed by atoms with Crippen molar-refractivity contribution in [3.8, 4) is 0 Å². The van der Waals surface area contributed by atoms with Crippen molar-refractivity contribution in [2.24, 2.45) is 0 Å². The third-order valence-corrected chi connectivity index (χ3v) is 3.87. The number of nitro groups is 1. The summed E-state index contributed by atoms with van der Waals surface area (Å²) in [5, 5.41) is 14.0. The van der Waals surface area contributed by atoms with Crippen molar-refractivity contribution in [2.75, 3.05) is 12.4 Å². The van der Waals surface area contributed by atoms with E-state index in [0.717, 1.165) is 24.3 Å². The number of hydrogen-bond acceptors (Lipinski definition) is 4. The van der Waals surface area contributed by atoms with Gasteiger partial charge in [-0.2, -0.15) is 0 Å². The Bertz CT molecular complexity index is 660. The Morgan fingerprint density at radius 1 is 1.19 bits per heavy atom. The van der Waals surface area contributed by atoms with Gasteiger partial charge in [-0.1, -0.05) is 24.3 Å². The third-order valence-electron chi connectivity index (χ3n) is 3.87. The van der Waals surface area contributed by atoms with Gasteiger partial charge in [-0.05, 0) is 22.8 Å². The molecule has 2 aromatic rings. The highest BCUT2D eigenvalue weighted by molar-refractivity contribution is 5.55. The minimum atomic E-state index is -0.346. The maximum atomic E-state index is 10.9. The lowest BCUT2D eigenvalue weighted by atomic mass is 10.1. The molecule has 0 spiro atoms. The predicted molar refractivity (Wildman–Crippen MR) is 82.0 cm³/mol. The molecule has 0 atom stereocenters. The maximum Gasteiger partial charge on any atom is 0.269 e. The van der Waals surface area contributed by atoms with Crippen LogP contribution in [0.3, 0.4) is 0 Å². The number of nitrogens with zero attached hydrogens (tertiary/aromatic N) is 2. The highest BCUT2D eigenvalue weighted by Crippen LogP contribution is 2.28. The van der Waals surface area contributed by atoms with Crippen LogP contribution in [0.2, 0.25) is 0 Å². The van der Waals surface area contributed by atoms with Crippen LogP contribution in [0.15, 0.2) is 42.5 Å². The van der Waals surface area contributed by atoms with Gasteiger partial charge in [0.1, 0.15) is 0 Å². The van der Waals surface area contributed by atoms with Crippen LogP contribution in [-0.4, -0.2) is 16.9 Å². The van der Waals surface area contributed by atoms with Crippen molar-refractivity contribution in [2.45, 2.75) is 19.6 Å². The minimum Gasteiger partial charge on any atom is -0.388 e. The molecule has 0 saturated heterocycles. The van der Waals surface area contributed by atoms with Crippen molar-refractivity contribution in [3.63, 3.8) is 0 Å². The van der Waals surface area contributed by atoms with E-state index in [1.165, 1.54) is 17.2 Å². The zero-order chi connectivity index (χ0) is 14.8. The van der Waals surface area contributed by atoms with Gasteiger partial charge < -0.3 is 5.32 Å². The van der Waals surface area contributed by atoms with Crippen LogP contribution >= 0.6 is 0 Å². The summed E-state index contributed by atoms with van der Waals surface area (Å²) in [7, 11) is 1.84. The van der Waals surface area contributed by atoms with Crippen LogP contribution < -0.4 is 5.32 Å². The molecule has 5 heteroatoms. The van der Waals surface area contributed by atoms with Gasteiger partial charge in [0, 0.05) is 44.5 Å². The van der Waals surface area contributed by atoms with Crippen molar-refractivity contribution < 1.29 is 4.92 Å². The number of rotatable bonds is 4. The second kappa shape index (κ2) is 5.54. The van der Waals surface area contributed by atoms with Crippen LogP contribution in [0.5, 0.6) is 0 Å². The molecule has 1 N–H and O–H groups in total. The maximum absolute atomic E-state index is 10.9. The molecule has 0 radical (unpaired) electrons. The lowest BCUT2D eigenvalue weighted by Gasteiger charge is -2.17. The van der Waals surface area contributed by atoms with Crippen LogP contribution in [0, 0.1) is 10.1 Å². The molecule has 0 saturated carbocycles. The second-order valence-corrected chi connectivity index (χ2v) is 5.26. The van der Waals surface area contributed by atoms with E-state index in [2.05, 4.69) is 34.5 Å². The molecular weight excluding hydrogens is 266 g/mol. The monoisotopic (exact) mass is 283 g/mol. The van der Waals surface area contributed by atoms with Crippen molar-refractivity contribution in [3.05, 3.63) is 69.3 Å². The van der Waals surface area contributed by atoms with Gasteiger partial charge in [-0.25, -0.2) is 0 Å². The Labute approximate surface area is 123 Å². The fraction of sp³-hybridized carbons (Fsp3) is 0.250. The normalized spacial score (nSPS) is 14.0. The molecule has 0 unspecified atom stereocenters. The summed E-state index contributed by atoms with van der Waals surface area (Å²) in [4.78, 5) is 12.9. The minimum absolute atomic E-state index is 0.140. The highest BCUT2D eigenvalue weighted by atomic mass is 16.6. The van der Waals surface area contributed by atoms with Gasteiger partial charge >= 0.3 is 0 Å². The van der Waals surface area contributed by atoms with Crippen LogP contribution in [0.4, 0.5) is 11.4 Å². The second-order valence-electron chi connectivity index (χ2n) is 5.26. The quantitative estimate of drug-likeness (QED) is 0.691. The molecule has 1 heterocycles. The van der Waals surface area contributed by atoms with E-state index in [-0.39, 0.29) is 10.6 Å². The summed E-state index contributed by atoms with van der Waals surface area (Å²) in [6.07, 6.45) is 0. The summed E-state index contributed by atoms with van der Waals surface area (Å²) in [5.74, 6) is 0. The molecule has 108 valence electrons. The Kier molecular flexibility index (Phi) is 3.58. The molecule has 0 fully saturated rings. The zero-order valence-electron chi connectivity index (χ0n) is 11.9. The lowest BCUT2D eigenvalue weighted by Crippen LogP contribution is -2.16. The zero-order valence-corrected chi connectivity index (χ0v) is 11.9. The predicted octanol–water partition coefficient (Wildman–Crippen LogP) is 3.15. The molecule has 0 aliphatic carbocycles. The van der Waals surface area contributed by atoms with E-state index in [1.807, 2.05) is 7.05 Å². The molecule has 0 aromatic heterocycles. The van der Waals surface area contributed by atoms with Gasteiger partial charge in [-0.3, -0.25) is 15.0 Å². The summed E-state index contributed by atoms with van der Waals surface area (Å²) in [6, 6.07) is 13.4. The lowest BCUT2D eigenvalue weighted by molar-refractivity contribution is -0.384. The average Bonchev–Trinajstić information content (AvgIpc) is 2.89. The van der Waals surface area contributed by atoms with Crippen LogP contribution in [-0.2, 0) is 19.6 Å². The molecule has 1 aliphatic heterocycles. The van der Waals surface area contributed by atoms with E-state index >= 15 is 0 Å². The molecule has 3 rings (SSSR count). The van der Waals surface area contributed by atoms with Crippen molar-refractivity contribution in [1.82, 2.24) is 4.90 Å². The Hall–Kier alpha value is -2.40. The molecule has 21 heavy (non-hydrogen) atoms. The van der Waals surface area contributed by atoms with Gasteiger partial charge in [0.15, 0.2) is 0 Å². The smallest absolute Gasteiger partial charge is 0.269 e. The number of nitrogens with one attached hydrogen (secondary N) is 1. The van der Waals surface area contributed by atoms with Gasteiger partial charge in [-0.15, -0.1) is 0 Å². The molecule has 2 aromatic carbocycles. The first-order valence-electron chi connectivity index (χ1n) is 6.91. The van der Waals surface area contributed by atoms with E-state index in [1.54, 1.807) is 12.1 Å². The molecule has 1 aliphatic rings. The standard InChI is InChI=1S/C16H17N3O2/c1-17-16-7-6-15(19(20)21)8-14(16)11-18-9-12-4-2-3-5-13(12)10-18/h2-8,17H,9-11H2,1H3. The summed E-state index contributed by atoms with van der Waals surface area (Å²) in [5.41, 5.74) is 4.72. The fourth-order valence-electron chi connectivity index (χ4n) is 2.82. The molecule has 0 amide bonds. The Morgan fingerprint density at radius 2 is 1.86 bits per heavy atom. The molecular formula is C16H17N3O2. The first-order valence-corrected chi connectivity index (χ1v) is 6.91. The van der Waals surface area contributed by atoms with E-state index in [0.29, 0.717) is 6.54 Å².